The van der Waals surface area contributed by atoms with E-state index in [1.165, 1.54) is 95.1 Å². The number of piperidine rings is 2. The van der Waals surface area contributed by atoms with Crippen LogP contribution < -0.4 is 0 Å². The summed E-state index contributed by atoms with van der Waals surface area (Å²) in [7, 11) is 0. The Kier molecular flexibility index (Phi) is 8.06. The van der Waals surface area contributed by atoms with E-state index in [0.29, 0.717) is 6.04 Å². The molecule has 2 heterocycles. The molecule has 0 bridgehead atoms. The molecule has 0 radical (unpaired) electrons. The number of rotatable bonds is 7. The number of benzene rings is 1. The number of carbonyl (C=O) groups is 1. The van der Waals surface area contributed by atoms with E-state index in [1.54, 1.807) is 6.92 Å². The van der Waals surface area contributed by atoms with Gasteiger partial charge in [0.1, 0.15) is 0 Å². The van der Waals surface area contributed by atoms with Crippen molar-refractivity contribution in [3.8, 4) is 0 Å². The maximum atomic E-state index is 11.7. The van der Waals surface area contributed by atoms with Gasteiger partial charge in [0.2, 0.25) is 5.91 Å². The van der Waals surface area contributed by atoms with Crippen LogP contribution in [0.1, 0.15) is 69.4 Å². The van der Waals surface area contributed by atoms with Gasteiger partial charge in [-0.25, -0.2) is 0 Å². The molecule has 0 aromatic heterocycles. The Hall–Kier alpha value is -1.39. The van der Waals surface area contributed by atoms with Gasteiger partial charge in [0, 0.05) is 45.2 Å². The Labute approximate surface area is 190 Å². The third kappa shape index (κ3) is 6.10. The Morgan fingerprint density at radius 3 is 2.23 bits per heavy atom. The second-order valence-corrected chi connectivity index (χ2v) is 10.3. The smallest absolute Gasteiger partial charge is 0.219 e. The molecule has 3 fully saturated rings. The number of nitrogens with zero attached hydrogens (tertiary/aromatic N) is 3. The number of amides is 1. The second kappa shape index (κ2) is 11.0. The summed E-state index contributed by atoms with van der Waals surface area (Å²) in [6.45, 7) is 10.9. The molecule has 1 amide bonds. The summed E-state index contributed by atoms with van der Waals surface area (Å²) < 4.78 is 0. The number of likely N-dealkylation sites (tertiary alicyclic amines) is 2. The highest BCUT2D eigenvalue weighted by molar-refractivity contribution is 5.73. The molecule has 2 saturated heterocycles. The summed E-state index contributed by atoms with van der Waals surface area (Å²) in [4.78, 5) is 19.4. The van der Waals surface area contributed by atoms with Crippen LogP contribution in [-0.2, 0) is 11.2 Å². The van der Waals surface area contributed by atoms with Gasteiger partial charge in [-0.15, -0.1) is 0 Å². The van der Waals surface area contributed by atoms with Crippen LogP contribution in [0.2, 0.25) is 0 Å². The maximum absolute atomic E-state index is 11.7. The summed E-state index contributed by atoms with van der Waals surface area (Å²) in [5.74, 6) is 1.10. The van der Waals surface area contributed by atoms with Crippen LogP contribution in [-0.4, -0.2) is 72.0 Å². The predicted octanol–water partition coefficient (Wildman–Crippen LogP) is 4.51. The van der Waals surface area contributed by atoms with Crippen molar-refractivity contribution in [3.05, 3.63) is 35.4 Å². The average Bonchev–Trinajstić information content (AvgIpc) is 3.32. The van der Waals surface area contributed by atoms with Crippen LogP contribution in [0.3, 0.4) is 0 Å². The summed E-state index contributed by atoms with van der Waals surface area (Å²) in [6, 6.07) is 10.3. The van der Waals surface area contributed by atoms with Crippen molar-refractivity contribution >= 4 is 5.91 Å². The van der Waals surface area contributed by atoms with Gasteiger partial charge in [-0.3, -0.25) is 9.69 Å². The van der Waals surface area contributed by atoms with Crippen LogP contribution in [0.5, 0.6) is 0 Å². The SMILES string of the molecule is CC(=O)N1CCC(N(CC2CCN(CCc3ccccc3C)CC2)C2CCCC2)CC1. The van der Waals surface area contributed by atoms with E-state index in [2.05, 4.69) is 45.9 Å². The summed E-state index contributed by atoms with van der Waals surface area (Å²) in [5, 5.41) is 0. The van der Waals surface area contributed by atoms with Gasteiger partial charge in [-0.1, -0.05) is 37.1 Å². The van der Waals surface area contributed by atoms with Crippen molar-refractivity contribution in [2.24, 2.45) is 5.92 Å². The van der Waals surface area contributed by atoms with Gasteiger partial charge in [0.15, 0.2) is 0 Å². The minimum atomic E-state index is 0.254. The van der Waals surface area contributed by atoms with Crippen molar-refractivity contribution < 1.29 is 4.79 Å². The Morgan fingerprint density at radius 2 is 1.58 bits per heavy atom. The zero-order valence-electron chi connectivity index (χ0n) is 19.9. The molecule has 172 valence electrons. The molecule has 0 unspecified atom stereocenters. The first kappa shape index (κ1) is 22.8. The van der Waals surface area contributed by atoms with Crippen molar-refractivity contribution in [1.29, 1.82) is 0 Å². The Bertz CT molecular complexity index is 698. The minimum absolute atomic E-state index is 0.254. The van der Waals surface area contributed by atoms with Crippen molar-refractivity contribution in [3.63, 3.8) is 0 Å². The van der Waals surface area contributed by atoms with Crippen molar-refractivity contribution in [2.75, 3.05) is 39.3 Å². The molecule has 0 atom stereocenters. The normalized spacial score (nSPS) is 22.5. The molecule has 3 aliphatic rings. The van der Waals surface area contributed by atoms with Crippen molar-refractivity contribution in [2.45, 2.75) is 83.7 Å². The van der Waals surface area contributed by atoms with E-state index in [1.807, 2.05) is 0 Å². The molecular weight excluding hydrogens is 382 g/mol. The lowest BCUT2D eigenvalue weighted by Gasteiger charge is -2.44. The third-order valence-electron chi connectivity index (χ3n) is 8.31. The predicted molar refractivity (Wildman–Crippen MR) is 128 cm³/mol. The molecule has 4 nitrogen and oxygen atoms in total. The van der Waals surface area contributed by atoms with E-state index in [-0.39, 0.29) is 5.91 Å². The molecule has 0 N–H and O–H groups in total. The lowest BCUT2D eigenvalue weighted by atomic mass is 9.92. The van der Waals surface area contributed by atoms with Crippen LogP contribution in [0.25, 0.3) is 0 Å². The molecule has 1 aliphatic carbocycles. The van der Waals surface area contributed by atoms with Gasteiger partial charge >= 0.3 is 0 Å². The summed E-state index contributed by atoms with van der Waals surface area (Å²) in [6.07, 6.45) is 11.8. The summed E-state index contributed by atoms with van der Waals surface area (Å²) >= 11 is 0. The molecular formula is C27H43N3O. The monoisotopic (exact) mass is 425 g/mol. The maximum Gasteiger partial charge on any atom is 0.219 e. The second-order valence-electron chi connectivity index (χ2n) is 10.3. The standard InChI is InChI=1S/C27H43N3O/c1-22-7-3-4-8-25(22)13-18-28-16-11-24(12-17-28)21-30(26-9-5-6-10-26)27-14-19-29(20-15-27)23(2)31/h3-4,7-8,24,26-27H,5-6,9-21H2,1-2H3. The molecule has 1 aromatic rings. The van der Waals surface area contributed by atoms with Gasteiger partial charge in [0.05, 0.1) is 0 Å². The van der Waals surface area contributed by atoms with Gasteiger partial charge < -0.3 is 9.80 Å². The topological polar surface area (TPSA) is 26.8 Å². The Morgan fingerprint density at radius 1 is 0.935 bits per heavy atom. The number of carbonyl (C=O) groups excluding carboxylic acids is 1. The first-order valence-corrected chi connectivity index (χ1v) is 12.9. The van der Waals surface area contributed by atoms with Crippen LogP contribution >= 0.6 is 0 Å². The first-order chi connectivity index (χ1) is 15.1. The summed E-state index contributed by atoms with van der Waals surface area (Å²) in [5.41, 5.74) is 2.94. The molecule has 4 rings (SSSR count). The van der Waals surface area contributed by atoms with Crippen molar-refractivity contribution in [1.82, 2.24) is 14.7 Å². The highest BCUT2D eigenvalue weighted by atomic mass is 16.2. The number of aryl methyl sites for hydroxylation is 1. The van der Waals surface area contributed by atoms with Gasteiger partial charge in [0.25, 0.3) is 0 Å². The van der Waals surface area contributed by atoms with E-state index < -0.39 is 0 Å². The molecule has 4 heteroatoms. The highest BCUT2D eigenvalue weighted by Crippen LogP contribution is 2.31. The largest absolute Gasteiger partial charge is 0.343 e. The molecule has 1 aromatic carbocycles. The Balaban J connectivity index is 1.26. The van der Waals surface area contributed by atoms with Gasteiger partial charge in [-0.05, 0) is 82.0 Å². The molecule has 31 heavy (non-hydrogen) atoms. The van der Waals surface area contributed by atoms with E-state index in [9.17, 15) is 4.79 Å². The molecule has 0 spiro atoms. The highest BCUT2D eigenvalue weighted by Gasteiger charge is 2.33. The van der Waals surface area contributed by atoms with Crippen LogP contribution in [0, 0.1) is 12.8 Å². The number of hydrogen-bond donors (Lipinski definition) is 0. The fraction of sp³-hybridized carbons (Fsp3) is 0.741. The molecule has 2 aliphatic heterocycles. The zero-order chi connectivity index (χ0) is 21.6. The van der Waals surface area contributed by atoms with E-state index in [0.717, 1.165) is 25.0 Å². The third-order valence-corrected chi connectivity index (χ3v) is 8.31. The quantitative estimate of drug-likeness (QED) is 0.643. The minimum Gasteiger partial charge on any atom is -0.343 e. The van der Waals surface area contributed by atoms with E-state index >= 15 is 0 Å². The average molecular weight is 426 g/mol. The van der Waals surface area contributed by atoms with Crippen LogP contribution in [0.15, 0.2) is 24.3 Å². The van der Waals surface area contributed by atoms with Gasteiger partial charge in [-0.2, -0.15) is 0 Å². The molecule has 1 saturated carbocycles. The van der Waals surface area contributed by atoms with Crippen LogP contribution in [0.4, 0.5) is 0 Å². The fourth-order valence-electron chi connectivity index (χ4n) is 6.20. The zero-order valence-corrected chi connectivity index (χ0v) is 19.9. The van der Waals surface area contributed by atoms with E-state index in [4.69, 9.17) is 0 Å². The lowest BCUT2D eigenvalue weighted by molar-refractivity contribution is -0.130. The lowest BCUT2D eigenvalue weighted by Crippen LogP contribution is -2.51. The first-order valence-electron chi connectivity index (χ1n) is 12.9. The fourth-order valence-corrected chi connectivity index (χ4v) is 6.20. The number of hydrogen-bond acceptors (Lipinski definition) is 3.